The van der Waals surface area contributed by atoms with Crippen molar-refractivity contribution in [2.24, 2.45) is 0 Å². The van der Waals surface area contributed by atoms with E-state index < -0.39 is 41.5 Å². The summed E-state index contributed by atoms with van der Waals surface area (Å²) in [5.74, 6) is -2.18. The van der Waals surface area contributed by atoms with E-state index in [9.17, 15) is 27.9 Å². The van der Waals surface area contributed by atoms with Gasteiger partial charge in [0.05, 0.1) is 29.4 Å². The predicted octanol–water partition coefficient (Wildman–Crippen LogP) is 1.50. The zero-order chi connectivity index (χ0) is 20.2. The second-order valence-corrected chi connectivity index (χ2v) is 6.16. The normalized spacial score (nSPS) is 11.1. The molecule has 0 bridgehead atoms. The summed E-state index contributed by atoms with van der Waals surface area (Å²) in [7, 11) is 0. The molecule has 1 N–H and O–H groups in total. The minimum absolute atomic E-state index is 0.0748. The molecule has 2 aromatic rings. The number of carboxylic acid groups (broad SMARTS) is 1. The standard InChI is InChI=1S/C16H12F3N3O4S/c1-8-2-3-12(26-8)11-4-10(16(17,18)19)9(5-20)15(22-11)27-7-13(23)21-6-14(24)25/h2-4H,6-7H2,1H3,(H,21,23)(H,24,25)/p-1. The number of carboxylic acids is 1. The Bertz CT molecular complexity index is 919. The van der Waals surface area contributed by atoms with E-state index in [1.54, 1.807) is 13.0 Å². The number of amides is 1. The molecular weight excluding hydrogens is 387 g/mol. The molecule has 0 spiro atoms. The quantitative estimate of drug-likeness (QED) is 0.733. The number of aryl methyl sites for hydroxylation is 1. The Morgan fingerprint density at radius 2 is 2.11 bits per heavy atom. The summed E-state index contributed by atoms with van der Waals surface area (Å²) < 4.78 is 45.3. The molecule has 27 heavy (non-hydrogen) atoms. The first-order valence-electron chi connectivity index (χ1n) is 7.30. The zero-order valence-corrected chi connectivity index (χ0v) is 14.5. The van der Waals surface area contributed by atoms with E-state index in [1.165, 1.54) is 12.1 Å². The second kappa shape index (κ2) is 8.13. The van der Waals surface area contributed by atoms with Crippen molar-refractivity contribution in [3.8, 4) is 17.5 Å². The first-order valence-corrected chi connectivity index (χ1v) is 8.29. The number of hydrogen-bond acceptors (Lipinski definition) is 7. The van der Waals surface area contributed by atoms with E-state index in [-0.39, 0.29) is 16.5 Å². The van der Waals surface area contributed by atoms with E-state index in [2.05, 4.69) is 4.98 Å². The largest absolute Gasteiger partial charge is 0.548 e. The van der Waals surface area contributed by atoms with Crippen molar-refractivity contribution in [1.82, 2.24) is 10.3 Å². The summed E-state index contributed by atoms with van der Waals surface area (Å²) in [6, 6.07) is 5.14. The number of hydrogen-bond donors (Lipinski definition) is 1. The van der Waals surface area contributed by atoms with Crippen molar-refractivity contribution in [1.29, 1.82) is 5.26 Å². The average molecular weight is 398 g/mol. The maximum atomic E-state index is 13.4. The van der Waals surface area contributed by atoms with Crippen LogP contribution in [0.3, 0.4) is 0 Å². The summed E-state index contributed by atoms with van der Waals surface area (Å²) in [5, 5.41) is 21.2. The van der Waals surface area contributed by atoms with Crippen molar-refractivity contribution >= 4 is 23.6 Å². The Morgan fingerprint density at radius 1 is 1.41 bits per heavy atom. The SMILES string of the molecule is Cc1ccc(-c2cc(C(F)(F)F)c(C#N)c(SCC(=O)NCC(=O)[O-])n2)o1. The van der Waals surface area contributed by atoms with Crippen LogP contribution in [0.15, 0.2) is 27.6 Å². The Morgan fingerprint density at radius 3 is 2.63 bits per heavy atom. The molecule has 2 rings (SSSR count). The monoisotopic (exact) mass is 398 g/mol. The lowest BCUT2D eigenvalue weighted by Gasteiger charge is -2.13. The molecule has 0 radical (unpaired) electrons. The van der Waals surface area contributed by atoms with Crippen molar-refractivity contribution in [2.75, 3.05) is 12.3 Å². The van der Waals surface area contributed by atoms with Gasteiger partial charge in [-0.05, 0) is 25.1 Å². The lowest BCUT2D eigenvalue weighted by molar-refractivity contribution is -0.304. The lowest BCUT2D eigenvalue weighted by atomic mass is 10.1. The van der Waals surface area contributed by atoms with E-state index in [0.717, 1.165) is 0 Å². The van der Waals surface area contributed by atoms with Crippen LogP contribution < -0.4 is 10.4 Å². The molecule has 2 aromatic heterocycles. The Labute approximate surface area is 155 Å². The minimum Gasteiger partial charge on any atom is -0.548 e. The number of aromatic nitrogens is 1. The van der Waals surface area contributed by atoms with Crippen molar-refractivity contribution in [3.63, 3.8) is 0 Å². The first kappa shape index (κ1) is 20.3. The summed E-state index contributed by atoms with van der Waals surface area (Å²) >= 11 is 0.577. The van der Waals surface area contributed by atoms with Gasteiger partial charge in [0.2, 0.25) is 5.91 Å². The van der Waals surface area contributed by atoms with Crippen LogP contribution >= 0.6 is 11.8 Å². The van der Waals surface area contributed by atoms with Gasteiger partial charge in [-0.3, -0.25) is 4.79 Å². The Hall–Kier alpha value is -3.00. The van der Waals surface area contributed by atoms with Gasteiger partial charge in [-0.15, -0.1) is 0 Å². The lowest BCUT2D eigenvalue weighted by Crippen LogP contribution is -2.38. The number of rotatable bonds is 6. The van der Waals surface area contributed by atoms with Crippen LogP contribution in [0.1, 0.15) is 16.9 Å². The number of pyridine rings is 1. The van der Waals surface area contributed by atoms with Crippen LogP contribution in [0.4, 0.5) is 13.2 Å². The summed E-state index contributed by atoms with van der Waals surface area (Å²) in [6.45, 7) is 0.868. The number of thioether (sulfide) groups is 1. The molecule has 11 heteroatoms. The summed E-state index contributed by atoms with van der Waals surface area (Å²) in [6.07, 6.45) is -4.82. The minimum atomic E-state index is -4.82. The molecule has 2 heterocycles. The number of alkyl halides is 3. The van der Waals surface area contributed by atoms with E-state index in [0.29, 0.717) is 23.6 Å². The molecule has 0 saturated heterocycles. The maximum Gasteiger partial charge on any atom is 0.417 e. The van der Waals surface area contributed by atoms with Crippen molar-refractivity contribution in [3.05, 3.63) is 35.1 Å². The van der Waals surface area contributed by atoms with Crippen LogP contribution in [-0.2, 0) is 15.8 Å². The molecule has 0 aliphatic heterocycles. The van der Waals surface area contributed by atoms with Gasteiger partial charge in [0, 0.05) is 0 Å². The summed E-state index contributed by atoms with van der Waals surface area (Å²) in [5.41, 5.74) is -2.08. The van der Waals surface area contributed by atoms with Gasteiger partial charge >= 0.3 is 6.18 Å². The molecule has 7 nitrogen and oxygen atoms in total. The molecule has 0 unspecified atom stereocenters. The number of nitriles is 1. The van der Waals surface area contributed by atoms with Crippen LogP contribution in [0.2, 0.25) is 0 Å². The molecule has 0 aliphatic rings. The smallest absolute Gasteiger partial charge is 0.417 e. The topological polar surface area (TPSA) is 119 Å². The van der Waals surface area contributed by atoms with Gasteiger partial charge in [0.1, 0.15) is 22.5 Å². The number of carbonyl (C=O) groups is 2. The number of furan rings is 1. The molecule has 0 aliphatic carbocycles. The Kier molecular flexibility index (Phi) is 6.12. The third-order valence-corrected chi connectivity index (χ3v) is 4.14. The van der Waals surface area contributed by atoms with Crippen molar-refractivity contribution in [2.45, 2.75) is 18.1 Å². The highest BCUT2D eigenvalue weighted by atomic mass is 32.2. The predicted molar refractivity (Wildman–Crippen MR) is 85.1 cm³/mol. The van der Waals surface area contributed by atoms with E-state index >= 15 is 0 Å². The fraction of sp³-hybridized carbons (Fsp3) is 0.250. The van der Waals surface area contributed by atoms with Crippen LogP contribution in [0.5, 0.6) is 0 Å². The highest BCUT2D eigenvalue weighted by molar-refractivity contribution is 8.00. The third kappa shape index (κ3) is 5.24. The van der Waals surface area contributed by atoms with Gasteiger partial charge in [0.15, 0.2) is 5.76 Å². The number of nitrogens with one attached hydrogen (secondary N) is 1. The van der Waals surface area contributed by atoms with E-state index in [4.69, 9.17) is 9.68 Å². The molecule has 0 aromatic carbocycles. The number of carbonyl (C=O) groups excluding carboxylic acids is 2. The average Bonchev–Trinajstić information content (AvgIpc) is 3.02. The van der Waals surface area contributed by atoms with Gasteiger partial charge in [-0.1, -0.05) is 11.8 Å². The highest BCUT2D eigenvalue weighted by Crippen LogP contribution is 2.38. The van der Waals surface area contributed by atoms with Crippen LogP contribution in [0.25, 0.3) is 11.5 Å². The molecule has 0 saturated carbocycles. The third-order valence-electron chi connectivity index (χ3n) is 3.17. The maximum absolute atomic E-state index is 13.4. The fourth-order valence-electron chi connectivity index (χ4n) is 2.01. The Balaban J connectivity index is 2.40. The highest BCUT2D eigenvalue weighted by Gasteiger charge is 2.36. The zero-order valence-electron chi connectivity index (χ0n) is 13.7. The molecule has 1 amide bonds. The van der Waals surface area contributed by atoms with Crippen molar-refractivity contribution < 1.29 is 32.3 Å². The number of halogens is 3. The van der Waals surface area contributed by atoms with Crippen LogP contribution in [0, 0.1) is 18.3 Å². The molecule has 0 fully saturated rings. The first-order chi connectivity index (χ1) is 12.6. The van der Waals surface area contributed by atoms with E-state index in [1.807, 2.05) is 5.32 Å². The fourth-order valence-corrected chi connectivity index (χ4v) is 2.84. The summed E-state index contributed by atoms with van der Waals surface area (Å²) in [4.78, 5) is 25.9. The van der Waals surface area contributed by atoms with Gasteiger partial charge < -0.3 is 19.6 Å². The van der Waals surface area contributed by atoms with Gasteiger partial charge in [-0.25, -0.2) is 4.98 Å². The molecule has 142 valence electrons. The van der Waals surface area contributed by atoms with Crippen LogP contribution in [-0.4, -0.2) is 29.2 Å². The van der Waals surface area contributed by atoms with Gasteiger partial charge in [0.25, 0.3) is 0 Å². The molecular formula is C16H11F3N3O4S-. The number of nitrogens with zero attached hydrogens (tertiary/aromatic N) is 2. The van der Waals surface area contributed by atoms with Gasteiger partial charge in [-0.2, -0.15) is 18.4 Å². The molecule has 0 atom stereocenters. The second-order valence-electron chi connectivity index (χ2n) is 5.19. The number of aliphatic carboxylic acids is 1.